The Hall–Kier alpha value is -7.71. The number of amides is 3. The lowest BCUT2D eigenvalue weighted by Crippen LogP contribution is -2.49. The van der Waals surface area contributed by atoms with Crippen LogP contribution in [0.5, 0.6) is 17.5 Å². The summed E-state index contributed by atoms with van der Waals surface area (Å²) in [4.78, 5) is 71.4. The number of anilines is 1. The molecule has 5 fully saturated rings. The minimum absolute atomic E-state index is 0.0312. The Morgan fingerprint density at radius 3 is 2.44 bits per heavy atom. The van der Waals surface area contributed by atoms with E-state index < -0.39 is 29.2 Å². The maximum absolute atomic E-state index is 17.3. The van der Waals surface area contributed by atoms with Gasteiger partial charge in [0.25, 0.3) is 0 Å². The summed E-state index contributed by atoms with van der Waals surface area (Å²) in [6.45, 7) is 6.58. The summed E-state index contributed by atoms with van der Waals surface area (Å²) in [5, 5.41) is 25.6. The summed E-state index contributed by atoms with van der Waals surface area (Å²) in [5.41, 5.74) is 1.84. The van der Waals surface area contributed by atoms with Crippen LogP contribution < -0.4 is 25.4 Å². The van der Waals surface area contributed by atoms with Crippen LogP contribution in [0.15, 0.2) is 77.7 Å². The van der Waals surface area contributed by atoms with Crippen LogP contribution >= 0.6 is 0 Å². The molecule has 0 saturated carbocycles. The summed E-state index contributed by atoms with van der Waals surface area (Å²) >= 11 is 0. The van der Waals surface area contributed by atoms with Gasteiger partial charge in [0.2, 0.25) is 11.8 Å². The number of likely N-dealkylation sites (tertiary alicyclic amines) is 1. The molecule has 0 bridgehead atoms. The SMILES string of the molecule is CCc1c(F)ccc2cc(O)cc(-c3ncc4c(N5CCC[C@@](C)(O)C5)nc(OC[C@@]56CCCN5[C@H](COC(=O)N5CCC(Oc7ccc(-c8ccc9c(c8)n(C)c(=O)n9C8CCC(=O)NC8=O)cc7)CC5)CC6)nc4c3F)c12. The fraction of sp³-hybridized carbons (Fsp3) is 0.441. The number of carbonyl (C=O) groups is 3. The molecule has 12 rings (SSSR count). The number of imide groups is 1. The molecule has 4 aromatic carbocycles. The van der Waals surface area contributed by atoms with Crippen molar-refractivity contribution >= 4 is 56.4 Å². The van der Waals surface area contributed by atoms with Crippen molar-refractivity contribution in [2.24, 2.45) is 7.05 Å². The highest BCUT2D eigenvalue weighted by atomic mass is 19.1. The van der Waals surface area contributed by atoms with E-state index in [1.54, 1.807) is 24.9 Å². The molecule has 3 N–H and O–H groups in total. The molecule has 18 nitrogen and oxygen atoms in total. The lowest BCUT2D eigenvalue weighted by molar-refractivity contribution is -0.135. The lowest BCUT2D eigenvalue weighted by Gasteiger charge is -2.38. The predicted molar refractivity (Wildman–Crippen MR) is 291 cm³/mol. The van der Waals surface area contributed by atoms with Crippen molar-refractivity contribution in [3.63, 3.8) is 0 Å². The van der Waals surface area contributed by atoms with Crippen LogP contribution in [0.3, 0.4) is 0 Å². The van der Waals surface area contributed by atoms with Crippen LogP contribution in [0.4, 0.5) is 19.4 Å². The molecule has 5 saturated heterocycles. The van der Waals surface area contributed by atoms with Crippen molar-refractivity contribution in [3.05, 3.63) is 101 Å². The minimum Gasteiger partial charge on any atom is -0.508 e. The van der Waals surface area contributed by atoms with Crippen molar-refractivity contribution in [1.29, 1.82) is 0 Å². The summed E-state index contributed by atoms with van der Waals surface area (Å²) in [7, 11) is 1.67. The van der Waals surface area contributed by atoms with E-state index in [4.69, 9.17) is 19.2 Å². The number of pyridine rings is 1. The van der Waals surface area contributed by atoms with Gasteiger partial charge in [-0.2, -0.15) is 9.97 Å². The number of imidazole rings is 1. The highest BCUT2D eigenvalue weighted by molar-refractivity contribution is 6.02. The van der Waals surface area contributed by atoms with Crippen LogP contribution in [0.25, 0.3) is 55.1 Å². The molecule has 0 spiro atoms. The number of phenolic OH excluding ortho intramolecular Hbond substituents is 1. The fourth-order valence-corrected chi connectivity index (χ4v) is 13.0. The van der Waals surface area contributed by atoms with E-state index in [1.807, 2.05) is 54.3 Å². The van der Waals surface area contributed by atoms with Gasteiger partial charge in [0.1, 0.15) is 59.7 Å². The zero-order valence-corrected chi connectivity index (χ0v) is 44.5. The zero-order valence-electron chi connectivity index (χ0n) is 44.5. The number of hydrogen-bond donors (Lipinski definition) is 3. The summed E-state index contributed by atoms with van der Waals surface area (Å²) in [6, 6.07) is 18.4. The van der Waals surface area contributed by atoms with E-state index in [-0.39, 0.29) is 96.5 Å². The molecule has 412 valence electrons. The average Bonchev–Trinajstić information content (AvgIpc) is 4.32. The van der Waals surface area contributed by atoms with Crippen LogP contribution in [0.1, 0.15) is 89.7 Å². The van der Waals surface area contributed by atoms with Gasteiger partial charge in [0.05, 0.1) is 27.6 Å². The Labute approximate surface area is 453 Å². The highest BCUT2D eigenvalue weighted by Crippen LogP contribution is 2.44. The van der Waals surface area contributed by atoms with Crippen LogP contribution in [0, 0.1) is 11.6 Å². The molecule has 3 amide bonds. The Kier molecular flexibility index (Phi) is 13.5. The maximum atomic E-state index is 17.3. The first-order valence-corrected chi connectivity index (χ1v) is 27.5. The summed E-state index contributed by atoms with van der Waals surface area (Å²) in [5.74, 6) is -1.06. The quantitative estimate of drug-likeness (QED) is 0.0990. The van der Waals surface area contributed by atoms with Crippen molar-refractivity contribution < 1.29 is 47.6 Å². The first-order chi connectivity index (χ1) is 38.1. The first-order valence-electron chi connectivity index (χ1n) is 27.5. The number of aromatic nitrogens is 5. The standard InChI is InChI=1S/C59H63F2N9O9/c1-4-41-44(60)13-9-36-27-38(71)29-42(49(36)41)51-50(61)52-43(30-62-51)53(68-23-5-20-58(2,76)32-68)65-55(64-52)78-33-59-21-6-24-69(59)37(17-22-59)31-77-57(75)67-25-18-40(19-26-67)79-39-11-7-34(8-12-39)35-10-14-45-47(28-35)66(3)56(74)70(45)46-15-16-48(72)63-54(46)73/h7-14,27-30,37,40,46,71,76H,4-6,15-26,31-33H2,1-3H3,(H,63,72,73)/t37-,46?,58+,59-/m0/s1. The molecule has 4 atom stereocenters. The number of phenols is 1. The molecule has 20 heteroatoms. The third kappa shape index (κ3) is 9.65. The Morgan fingerprint density at radius 2 is 1.67 bits per heavy atom. The number of rotatable bonds is 12. The molecule has 3 aromatic heterocycles. The number of β-amino-alcohol motifs (C(OH)–C–C–N with tert-alkyl or cyclic N) is 1. The Bertz CT molecular complexity index is 3640. The smallest absolute Gasteiger partial charge is 0.409 e. The van der Waals surface area contributed by atoms with Gasteiger partial charge in [-0.15, -0.1) is 0 Å². The normalized spacial score (nSPS) is 23.0. The number of benzene rings is 4. The summed E-state index contributed by atoms with van der Waals surface area (Å²) < 4.78 is 54.4. The van der Waals surface area contributed by atoms with Gasteiger partial charge in [-0.3, -0.25) is 33.9 Å². The van der Waals surface area contributed by atoms with E-state index in [0.717, 1.165) is 43.4 Å². The number of nitrogens with zero attached hydrogens (tertiary/aromatic N) is 8. The van der Waals surface area contributed by atoms with Gasteiger partial charge < -0.3 is 34.2 Å². The number of aryl methyl sites for hydroxylation is 2. The minimum atomic E-state index is -1.01. The molecule has 8 heterocycles. The van der Waals surface area contributed by atoms with Gasteiger partial charge in [0.15, 0.2) is 5.82 Å². The molecular formula is C59H63F2N9O9. The Balaban J connectivity index is 0.685. The van der Waals surface area contributed by atoms with E-state index in [9.17, 15) is 29.4 Å². The zero-order chi connectivity index (χ0) is 54.9. The fourth-order valence-electron chi connectivity index (χ4n) is 13.0. The largest absolute Gasteiger partial charge is 0.508 e. The van der Waals surface area contributed by atoms with Crippen LogP contribution in [-0.2, 0) is 27.8 Å². The van der Waals surface area contributed by atoms with E-state index in [2.05, 4.69) is 20.2 Å². The Morgan fingerprint density at radius 1 is 0.886 bits per heavy atom. The predicted octanol–water partition coefficient (Wildman–Crippen LogP) is 8.10. The molecular weight excluding hydrogens is 1020 g/mol. The second kappa shape index (κ2) is 20.5. The second-order valence-corrected chi connectivity index (χ2v) is 22.3. The molecule has 79 heavy (non-hydrogen) atoms. The number of carbonyl (C=O) groups excluding carboxylic acids is 3. The molecule has 5 aliphatic heterocycles. The van der Waals surface area contributed by atoms with Crippen LogP contribution in [0.2, 0.25) is 0 Å². The number of ether oxygens (including phenoxy) is 3. The number of aromatic hydroxyl groups is 1. The number of hydrogen-bond acceptors (Lipinski definition) is 14. The number of nitrogens with one attached hydrogen (secondary N) is 1. The van der Waals surface area contributed by atoms with E-state index >= 15 is 8.78 Å². The second-order valence-electron chi connectivity index (χ2n) is 22.3. The molecule has 0 radical (unpaired) electrons. The van der Waals surface area contributed by atoms with Gasteiger partial charge in [0, 0.05) is 70.3 Å². The molecule has 1 unspecified atom stereocenters. The van der Waals surface area contributed by atoms with Crippen molar-refractivity contribution in [3.8, 4) is 39.9 Å². The van der Waals surface area contributed by atoms with Crippen molar-refractivity contribution in [2.75, 3.05) is 50.8 Å². The third-order valence-corrected chi connectivity index (χ3v) is 17.1. The topological polar surface area (TPSA) is 207 Å². The first kappa shape index (κ1) is 52.0. The average molecular weight is 1080 g/mol. The number of piperidine rings is 3. The van der Waals surface area contributed by atoms with Gasteiger partial charge in [-0.1, -0.05) is 31.2 Å². The third-order valence-electron chi connectivity index (χ3n) is 17.1. The molecule has 7 aromatic rings. The van der Waals surface area contributed by atoms with Crippen molar-refractivity contribution in [1.82, 2.24) is 39.2 Å². The lowest BCUT2D eigenvalue weighted by atomic mass is 9.94. The van der Waals surface area contributed by atoms with E-state index in [1.165, 1.54) is 33.5 Å². The maximum Gasteiger partial charge on any atom is 0.409 e. The number of aliphatic hydroxyl groups is 1. The number of halogens is 2. The van der Waals surface area contributed by atoms with E-state index in [0.29, 0.717) is 96.1 Å². The van der Waals surface area contributed by atoms with Gasteiger partial charge in [-0.25, -0.2) is 18.4 Å². The monoisotopic (exact) mass is 1080 g/mol. The number of fused-ring (bicyclic) bond motifs is 4. The van der Waals surface area contributed by atoms with Crippen LogP contribution in [-0.4, -0.2) is 131 Å². The van der Waals surface area contributed by atoms with Crippen molar-refractivity contribution in [2.45, 2.75) is 114 Å². The highest BCUT2D eigenvalue weighted by Gasteiger charge is 2.50. The van der Waals surface area contributed by atoms with Gasteiger partial charge >= 0.3 is 17.8 Å². The molecule has 5 aliphatic rings. The molecule has 0 aliphatic carbocycles. The van der Waals surface area contributed by atoms with Gasteiger partial charge in [-0.05, 0) is 135 Å². The summed E-state index contributed by atoms with van der Waals surface area (Å²) in [6.07, 6.45) is 7.66.